The fraction of sp³-hybridized carbons (Fsp3) is 0.429. The Labute approximate surface area is 118 Å². The van der Waals surface area contributed by atoms with Crippen molar-refractivity contribution in [2.24, 2.45) is 5.92 Å². The molecule has 102 valence electrons. The molecular weight excluding hydrogens is 264 g/mol. The molecule has 0 heterocycles. The van der Waals surface area contributed by atoms with Crippen molar-refractivity contribution in [3.8, 4) is 11.8 Å². The zero-order valence-corrected chi connectivity index (χ0v) is 12.0. The number of hydrogen-bond donors (Lipinski definition) is 1. The highest BCUT2D eigenvalue weighted by molar-refractivity contribution is 6.30. The minimum Gasteiger partial charge on any atom is -0.484 e. The zero-order valence-electron chi connectivity index (χ0n) is 11.2. The van der Waals surface area contributed by atoms with Crippen LogP contribution in [0.25, 0.3) is 0 Å². The Hall–Kier alpha value is -1.73. The van der Waals surface area contributed by atoms with Gasteiger partial charge >= 0.3 is 0 Å². The Balaban J connectivity index is 2.55. The number of carbonyl (C=O) groups excluding carboxylic acids is 1. The summed E-state index contributed by atoms with van der Waals surface area (Å²) < 4.78 is 5.31. The molecule has 0 saturated carbocycles. The summed E-state index contributed by atoms with van der Waals surface area (Å²) in [5.41, 5.74) is -0.894. The summed E-state index contributed by atoms with van der Waals surface area (Å²) in [6, 6.07) is 8.91. The van der Waals surface area contributed by atoms with Crippen molar-refractivity contribution in [3.05, 3.63) is 29.3 Å². The molecule has 0 fully saturated rings. The molecule has 1 aromatic carbocycles. The number of carbonyl (C=O) groups is 1. The molecule has 1 amide bonds. The Morgan fingerprint density at radius 1 is 1.58 bits per heavy atom. The molecule has 0 aromatic heterocycles. The van der Waals surface area contributed by atoms with Gasteiger partial charge in [-0.1, -0.05) is 31.5 Å². The lowest BCUT2D eigenvalue weighted by atomic mass is 9.90. The summed E-state index contributed by atoms with van der Waals surface area (Å²) in [6.45, 7) is 5.29. The highest BCUT2D eigenvalue weighted by Crippen LogP contribution is 2.17. The van der Waals surface area contributed by atoms with Crippen LogP contribution in [0.1, 0.15) is 20.8 Å². The van der Waals surface area contributed by atoms with E-state index in [2.05, 4.69) is 11.4 Å². The van der Waals surface area contributed by atoms with Crippen LogP contribution >= 0.6 is 11.6 Å². The SMILES string of the molecule is CC(C)C(C)(C#N)NC(=O)COc1cccc(Cl)c1. The van der Waals surface area contributed by atoms with Crippen molar-refractivity contribution >= 4 is 17.5 Å². The molecule has 1 aromatic rings. The van der Waals surface area contributed by atoms with Crippen molar-refractivity contribution in [1.82, 2.24) is 5.32 Å². The predicted octanol–water partition coefficient (Wildman–Crippen LogP) is 2.77. The smallest absolute Gasteiger partial charge is 0.259 e. The van der Waals surface area contributed by atoms with Gasteiger partial charge in [0, 0.05) is 5.02 Å². The second kappa shape index (κ2) is 6.44. The van der Waals surface area contributed by atoms with Gasteiger partial charge in [-0.3, -0.25) is 4.79 Å². The lowest BCUT2D eigenvalue weighted by molar-refractivity contribution is -0.124. The Morgan fingerprint density at radius 3 is 2.79 bits per heavy atom. The van der Waals surface area contributed by atoms with Gasteiger partial charge in [-0.05, 0) is 31.0 Å². The summed E-state index contributed by atoms with van der Waals surface area (Å²) in [4.78, 5) is 11.8. The van der Waals surface area contributed by atoms with E-state index in [4.69, 9.17) is 21.6 Å². The van der Waals surface area contributed by atoms with Gasteiger partial charge in [0.1, 0.15) is 11.3 Å². The predicted molar refractivity (Wildman–Crippen MR) is 73.9 cm³/mol. The van der Waals surface area contributed by atoms with Crippen molar-refractivity contribution < 1.29 is 9.53 Å². The highest BCUT2D eigenvalue weighted by Gasteiger charge is 2.29. The van der Waals surface area contributed by atoms with Gasteiger partial charge in [0.2, 0.25) is 0 Å². The van der Waals surface area contributed by atoms with E-state index in [-0.39, 0.29) is 18.4 Å². The number of amides is 1. The van der Waals surface area contributed by atoms with Crippen LogP contribution in [0.3, 0.4) is 0 Å². The average molecular weight is 281 g/mol. The van der Waals surface area contributed by atoms with Gasteiger partial charge < -0.3 is 10.1 Å². The summed E-state index contributed by atoms with van der Waals surface area (Å²) in [5.74, 6) is 0.191. The maximum atomic E-state index is 11.8. The van der Waals surface area contributed by atoms with Gasteiger partial charge in [0.25, 0.3) is 5.91 Å². The van der Waals surface area contributed by atoms with Gasteiger partial charge in [-0.25, -0.2) is 0 Å². The topological polar surface area (TPSA) is 62.1 Å². The number of nitrogens with zero attached hydrogens (tertiary/aromatic N) is 1. The summed E-state index contributed by atoms with van der Waals surface area (Å²) in [5, 5.41) is 12.3. The van der Waals surface area contributed by atoms with Crippen LogP contribution in [-0.2, 0) is 4.79 Å². The standard InChI is InChI=1S/C14H17ClN2O2/c1-10(2)14(3,9-16)17-13(18)8-19-12-6-4-5-11(15)7-12/h4-7,10H,8H2,1-3H3,(H,17,18). The molecule has 1 unspecified atom stereocenters. The highest BCUT2D eigenvalue weighted by atomic mass is 35.5. The van der Waals surface area contributed by atoms with E-state index in [1.807, 2.05) is 13.8 Å². The molecule has 0 aliphatic rings. The first-order valence-electron chi connectivity index (χ1n) is 5.98. The number of nitrogens with one attached hydrogen (secondary N) is 1. The van der Waals surface area contributed by atoms with Crippen molar-refractivity contribution in [1.29, 1.82) is 5.26 Å². The number of ether oxygens (including phenoxy) is 1. The minimum atomic E-state index is -0.894. The average Bonchev–Trinajstić information content (AvgIpc) is 2.36. The van der Waals surface area contributed by atoms with Crippen LogP contribution in [0.15, 0.2) is 24.3 Å². The van der Waals surface area contributed by atoms with Crippen LogP contribution in [0.5, 0.6) is 5.75 Å². The molecule has 0 aliphatic heterocycles. The quantitative estimate of drug-likeness (QED) is 0.902. The second-order valence-electron chi connectivity index (χ2n) is 4.76. The second-order valence-corrected chi connectivity index (χ2v) is 5.20. The largest absolute Gasteiger partial charge is 0.484 e. The summed E-state index contributed by atoms with van der Waals surface area (Å²) >= 11 is 5.81. The van der Waals surface area contributed by atoms with Crippen LogP contribution < -0.4 is 10.1 Å². The van der Waals surface area contributed by atoms with Crippen LogP contribution in [0, 0.1) is 17.2 Å². The fourth-order valence-electron chi connectivity index (χ4n) is 1.33. The Morgan fingerprint density at radius 2 is 2.26 bits per heavy atom. The van der Waals surface area contributed by atoms with Crippen molar-refractivity contribution in [3.63, 3.8) is 0 Å². The Kier molecular flexibility index (Phi) is 5.20. The first-order chi connectivity index (χ1) is 8.87. The molecule has 1 atom stereocenters. The number of benzene rings is 1. The summed E-state index contributed by atoms with van der Waals surface area (Å²) in [7, 11) is 0. The van der Waals surface area contributed by atoms with Crippen molar-refractivity contribution in [2.45, 2.75) is 26.3 Å². The maximum Gasteiger partial charge on any atom is 0.259 e. The number of nitriles is 1. The van der Waals surface area contributed by atoms with E-state index >= 15 is 0 Å². The van der Waals surface area contributed by atoms with E-state index < -0.39 is 5.54 Å². The van der Waals surface area contributed by atoms with E-state index in [0.29, 0.717) is 10.8 Å². The number of rotatable bonds is 5. The van der Waals surface area contributed by atoms with Crippen molar-refractivity contribution in [2.75, 3.05) is 6.61 Å². The lowest BCUT2D eigenvalue weighted by Gasteiger charge is -2.27. The lowest BCUT2D eigenvalue weighted by Crippen LogP contribution is -2.50. The first kappa shape index (κ1) is 15.3. The molecular formula is C14H17ClN2O2. The summed E-state index contributed by atoms with van der Waals surface area (Å²) in [6.07, 6.45) is 0. The molecule has 0 saturated heterocycles. The van der Waals surface area contributed by atoms with E-state index in [1.54, 1.807) is 31.2 Å². The molecule has 5 heteroatoms. The van der Waals surface area contributed by atoms with Crippen LogP contribution in [-0.4, -0.2) is 18.1 Å². The third kappa shape index (κ3) is 4.46. The number of halogens is 1. The van der Waals surface area contributed by atoms with E-state index in [1.165, 1.54) is 0 Å². The molecule has 0 spiro atoms. The molecule has 4 nitrogen and oxygen atoms in total. The maximum absolute atomic E-state index is 11.8. The van der Waals surface area contributed by atoms with Crippen LogP contribution in [0.2, 0.25) is 5.02 Å². The first-order valence-corrected chi connectivity index (χ1v) is 6.36. The third-order valence-electron chi connectivity index (χ3n) is 2.95. The molecule has 19 heavy (non-hydrogen) atoms. The Bertz CT molecular complexity index is 496. The molecule has 0 radical (unpaired) electrons. The molecule has 1 N–H and O–H groups in total. The molecule has 1 rings (SSSR count). The zero-order chi connectivity index (χ0) is 14.5. The van der Waals surface area contributed by atoms with Gasteiger partial charge in [0.05, 0.1) is 6.07 Å². The fourth-order valence-corrected chi connectivity index (χ4v) is 1.51. The molecule has 0 aliphatic carbocycles. The van der Waals surface area contributed by atoms with Gasteiger partial charge in [-0.15, -0.1) is 0 Å². The third-order valence-corrected chi connectivity index (χ3v) is 3.19. The van der Waals surface area contributed by atoms with Crippen LogP contribution in [0.4, 0.5) is 0 Å². The van der Waals surface area contributed by atoms with Gasteiger partial charge in [0.15, 0.2) is 6.61 Å². The number of hydrogen-bond acceptors (Lipinski definition) is 3. The molecule has 0 bridgehead atoms. The monoisotopic (exact) mass is 280 g/mol. The normalized spacial score (nSPS) is 13.5. The minimum absolute atomic E-state index is 0.00706. The van der Waals surface area contributed by atoms with Gasteiger partial charge in [-0.2, -0.15) is 5.26 Å². The van der Waals surface area contributed by atoms with E-state index in [0.717, 1.165) is 0 Å². The van der Waals surface area contributed by atoms with E-state index in [9.17, 15) is 4.79 Å².